The molecule has 2 rings (SSSR count). The summed E-state index contributed by atoms with van der Waals surface area (Å²) < 4.78 is 0. The number of hydrogen-bond acceptors (Lipinski definition) is 3. The molecule has 0 N–H and O–H groups in total. The summed E-state index contributed by atoms with van der Waals surface area (Å²) >= 11 is 0. The van der Waals surface area contributed by atoms with E-state index in [0.717, 1.165) is 11.3 Å². The number of carbonyl (C=O) groups excluding carboxylic acids is 1. The monoisotopic (exact) mass is 269 g/mol. The van der Waals surface area contributed by atoms with Crippen LogP contribution in [-0.4, -0.2) is 27.3 Å². The third kappa shape index (κ3) is 3.20. The maximum atomic E-state index is 12.4. The van der Waals surface area contributed by atoms with Gasteiger partial charge in [0.1, 0.15) is 5.69 Å². The Morgan fingerprint density at radius 3 is 2.50 bits per heavy atom. The second-order valence-corrected chi connectivity index (χ2v) is 4.79. The predicted octanol–water partition coefficient (Wildman–Crippen LogP) is 2.76. The fourth-order valence-electron chi connectivity index (χ4n) is 1.99. The van der Waals surface area contributed by atoms with Gasteiger partial charge in [-0.2, -0.15) is 0 Å². The van der Waals surface area contributed by atoms with E-state index in [0.29, 0.717) is 18.8 Å². The van der Waals surface area contributed by atoms with Gasteiger partial charge in [-0.05, 0) is 31.9 Å². The van der Waals surface area contributed by atoms with Crippen LogP contribution in [0.15, 0.2) is 36.7 Å². The van der Waals surface area contributed by atoms with Crippen molar-refractivity contribution in [2.24, 2.45) is 0 Å². The van der Waals surface area contributed by atoms with Crippen molar-refractivity contribution in [3.05, 3.63) is 59.2 Å². The van der Waals surface area contributed by atoms with Gasteiger partial charge in [0, 0.05) is 19.3 Å². The highest BCUT2D eigenvalue weighted by Gasteiger charge is 2.16. The molecule has 2 aromatic rings. The van der Waals surface area contributed by atoms with Crippen molar-refractivity contribution in [1.82, 2.24) is 14.9 Å². The third-order valence-electron chi connectivity index (χ3n) is 3.29. The zero-order chi connectivity index (χ0) is 14.5. The summed E-state index contributed by atoms with van der Waals surface area (Å²) in [5.41, 5.74) is 3.55. The molecule has 0 unspecified atom stereocenters. The van der Waals surface area contributed by atoms with Crippen molar-refractivity contribution >= 4 is 5.91 Å². The van der Waals surface area contributed by atoms with Crippen LogP contribution in [0.25, 0.3) is 0 Å². The van der Waals surface area contributed by atoms with Crippen molar-refractivity contribution in [3.63, 3.8) is 0 Å². The molecule has 0 saturated carbocycles. The van der Waals surface area contributed by atoms with Crippen molar-refractivity contribution in [3.8, 4) is 0 Å². The Labute approximate surface area is 119 Å². The molecular formula is C16H19N3O. The first-order chi connectivity index (χ1) is 9.61. The van der Waals surface area contributed by atoms with E-state index in [1.807, 2.05) is 32.0 Å². The maximum Gasteiger partial charge on any atom is 0.274 e. The number of hydrogen-bond donors (Lipinski definition) is 0. The lowest BCUT2D eigenvalue weighted by atomic mass is 10.1. The lowest BCUT2D eigenvalue weighted by Crippen LogP contribution is -2.31. The van der Waals surface area contributed by atoms with Gasteiger partial charge in [0.05, 0.1) is 11.9 Å². The molecule has 4 heteroatoms. The summed E-state index contributed by atoms with van der Waals surface area (Å²) in [4.78, 5) is 22.5. The van der Waals surface area contributed by atoms with Gasteiger partial charge in [-0.3, -0.25) is 9.78 Å². The van der Waals surface area contributed by atoms with Gasteiger partial charge in [-0.15, -0.1) is 0 Å². The fraction of sp³-hybridized carbons (Fsp3) is 0.312. The number of amides is 1. The van der Waals surface area contributed by atoms with E-state index < -0.39 is 0 Å². The highest BCUT2D eigenvalue weighted by atomic mass is 16.2. The van der Waals surface area contributed by atoms with Gasteiger partial charge in [0.25, 0.3) is 5.91 Å². The van der Waals surface area contributed by atoms with E-state index in [-0.39, 0.29) is 5.91 Å². The quantitative estimate of drug-likeness (QED) is 0.857. The van der Waals surface area contributed by atoms with Crippen LogP contribution in [-0.2, 0) is 6.54 Å². The highest BCUT2D eigenvalue weighted by Crippen LogP contribution is 2.12. The summed E-state index contributed by atoms with van der Waals surface area (Å²) in [7, 11) is 0. The lowest BCUT2D eigenvalue weighted by molar-refractivity contribution is 0.0746. The van der Waals surface area contributed by atoms with Crippen LogP contribution in [0.5, 0.6) is 0 Å². The van der Waals surface area contributed by atoms with E-state index in [4.69, 9.17) is 0 Å². The SMILES string of the molecule is CCN(Cc1ccccc1C)C(=O)c1cnc(C)cn1. The third-order valence-corrected chi connectivity index (χ3v) is 3.29. The highest BCUT2D eigenvalue weighted by molar-refractivity contribution is 5.91. The largest absolute Gasteiger partial charge is 0.333 e. The van der Waals surface area contributed by atoms with Crippen molar-refractivity contribution in [2.45, 2.75) is 27.3 Å². The molecule has 0 bridgehead atoms. The summed E-state index contributed by atoms with van der Waals surface area (Å²) in [5.74, 6) is -0.0803. The lowest BCUT2D eigenvalue weighted by Gasteiger charge is -2.21. The van der Waals surface area contributed by atoms with Crippen molar-refractivity contribution < 1.29 is 4.79 Å². The summed E-state index contributed by atoms with van der Waals surface area (Å²) in [6, 6.07) is 8.10. The molecule has 0 saturated heterocycles. The molecule has 0 radical (unpaired) electrons. The predicted molar refractivity (Wildman–Crippen MR) is 78.4 cm³/mol. The van der Waals surface area contributed by atoms with Crippen LogP contribution in [0.1, 0.15) is 34.2 Å². The average molecular weight is 269 g/mol. The first-order valence-electron chi connectivity index (χ1n) is 6.74. The minimum Gasteiger partial charge on any atom is -0.333 e. The molecule has 1 heterocycles. The molecule has 1 aromatic carbocycles. The minimum absolute atomic E-state index is 0.0803. The van der Waals surface area contributed by atoms with E-state index in [1.165, 1.54) is 11.8 Å². The molecule has 1 aromatic heterocycles. The zero-order valence-electron chi connectivity index (χ0n) is 12.1. The Bertz CT molecular complexity index is 593. The molecule has 0 spiro atoms. The van der Waals surface area contributed by atoms with Gasteiger partial charge in [0.15, 0.2) is 0 Å². The number of rotatable bonds is 4. The smallest absolute Gasteiger partial charge is 0.274 e. The molecule has 0 atom stereocenters. The second-order valence-electron chi connectivity index (χ2n) is 4.79. The zero-order valence-corrected chi connectivity index (χ0v) is 12.1. The Morgan fingerprint density at radius 1 is 1.15 bits per heavy atom. The number of carbonyl (C=O) groups is 1. The molecule has 0 aliphatic rings. The van der Waals surface area contributed by atoms with E-state index in [2.05, 4.69) is 23.0 Å². The van der Waals surface area contributed by atoms with Crippen LogP contribution in [0.4, 0.5) is 0 Å². The number of nitrogens with zero attached hydrogens (tertiary/aromatic N) is 3. The van der Waals surface area contributed by atoms with Gasteiger partial charge in [-0.1, -0.05) is 24.3 Å². The van der Waals surface area contributed by atoms with E-state index >= 15 is 0 Å². The van der Waals surface area contributed by atoms with Gasteiger partial charge < -0.3 is 4.90 Å². The van der Waals surface area contributed by atoms with Gasteiger partial charge >= 0.3 is 0 Å². The van der Waals surface area contributed by atoms with Crippen LogP contribution in [0.3, 0.4) is 0 Å². The maximum absolute atomic E-state index is 12.4. The fourth-order valence-corrected chi connectivity index (χ4v) is 1.99. The minimum atomic E-state index is -0.0803. The Balaban J connectivity index is 2.18. The molecule has 1 amide bonds. The molecule has 0 aliphatic heterocycles. The van der Waals surface area contributed by atoms with E-state index in [1.54, 1.807) is 11.1 Å². The first-order valence-corrected chi connectivity index (χ1v) is 6.74. The second kappa shape index (κ2) is 6.28. The van der Waals surface area contributed by atoms with Crippen LogP contribution < -0.4 is 0 Å². The van der Waals surface area contributed by atoms with Crippen molar-refractivity contribution in [1.29, 1.82) is 0 Å². The van der Waals surface area contributed by atoms with E-state index in [9.17, 15) is 4.79 Å². The van der Waals surface area contributed by atoms with Crippen LogP contribution in [0.2, 0.25) is 0 Å². The normalized spacial score (nSPS) is 10.3. The molecule has 4 nitrogen and oxygen atoms in total. The Kier molecular flexibility index (Phi) is 4.45. The summed E-state index contributed by atoms with van der Waals surface area (Å²) in [6.07, 6.45) is 3.16. The number of aryl methyl sites for hydroxylation is 2. The van der Waals surface area contributed by atoms with Crippen molar-refractivity contribution in [2.75, 3.05) is 6.54 Å². The number of aromatic nitrogens is 2. The molecule has 104 valence electrons. The Morgan fingerprint density at radius 2 is 1.90 bits per heavy atom. The molecule has 0 fully saturated rings. The molecule has 0 aliphatic carbocycles. The van der Waals surface area contributed by atoms with Crippen LogP contribution in [0, 0.1) is 13.8 Å². The van der Waals surface area contributed by atoms with Gasteiger partial charge in [0.2, 0.25) is 0 Å². The standard InChI is InChI=1S/C16H19N3O/c1-4-19(11-14-8-6-5-7-12(14)2)16(20)15-10-17-13(3)9-18-15/h5-10H,4,11H2,1-3H3. The first kappa shape index (κ1) is 14.2. The van der Waals surface area contributed by atoms with Crippen LogP contribution >= 0.6 is 0 Å². The summed E-state index contributed by atoms with van der Waals surface area (Å²) in [5, 5.41) is 0. The average Bonchev–Trinajstić information content (AvgIpc) is 2.46. The molecular weight excluding hydrogens is 250 g/mol. The Hall–Kier alpha value is -2.23. The number of benzene rings is 1. The molecule has 20 heavy (non-hydrogen) atoms. The topological polar surface area (TPSA) is 46.1 Å². The van der Waals surface area contributed by atoms with Gasteiger partial charge in [-0.25, -0.2) is 4.98 Å². The summed E-state index contributed by atoms with van der Waals surface area (Å²) in [6.45, 7) is 7.11.